The van der Waals surface area contributed by atoms with Gasteiger partial charge in [-0.15, -0.1) is 11.3 Å². The van der Waals surface area contributed by atoms with E-state index in [1.165, 1.54) is 27.6 Å². The molecule has 0 spiro atoms. The number of aromatic nitrogens is 2. The van der Waals surface area contributed by atoms with E-state index in [9.17, 15) is 14.9 Å². The quantitative estimate of drug-likeness (QED) is 0.715. The molecule has 146 valence electrons. The minimum absolute atomic E-state index is 0.192. The van der Waals surface area contributed by atoms with Gasteiger partial charge in [-0.2, -0.15) is 10.4 Å². The molecule has 1 aromatic carbocycles. The minimum atomic E-state index is -0.593. The van der Waals surface area contributed by atoms with Crippen molar-refractivity contribution in [3.05, 3.63) is 74.0 Å². The molecule has 0 atom stereocenters. The highest BCUT2D eigenvalue weighted by Crippen LogP contribution is 2.37. The molecular formula is C22H20N4O2S. The van der Waals surface area contributed by atoms with E-state index in [0.29, 0.717) is 10.6 Å². The SMILES string of the molecule is CCc1ccc(-n2ccc(=O)c(C(=O)Nc3sc4c(c3C#N)CCCC4)n2)cc1. The van der Waals surface area contributed by atoms with Gasteiger partial charge in [-0.3, -0.25) is 9.59 Å². The Morgan fingerprint density at radius 1 is 1.24 bits per heavy atom. The van der Waals surface area contributed by atoms with Gasteiger partial charge in [0.05, 0.1) is 11.3 Å². The zero-order valence-corrected chi connectivity index (χ0v) is 16.9. The first kappa shape index (κ1) is 19.1. The maximum atomic E-state index is 12.8. The molecule has 29 heavy (non-hydrogen) atoms. The van der Waals surface area contributed by atoms with E-state index < -0.39 is 11.3 Å². The van der Waals surface area contributed by atoms with Gasteiger partial charge in [-0.05, 0) is 55.4 Å². The first-order chi connectivity index (χ1) is 14.1. The second-order valence-corrected chi connectivity index (χ2v) is 8.08. The number of benzene rings is 1. The van der Waals surface area contributed by atoms with Gasteiger partial charge < -0.3 is 5.32 Å². The van der Waals surface area contributed by atoms with Gasteiger partial charge in [-0.1, -0.05) is 19.1 Å². The number of nitrogens with zero attached hydrogens (tertiary/aromatic N) is 3. The number of nitriles is 1. The van der Waals surface area contributed by atoms with Crippen molar-refractivity contribution in [1.82, 2.24) is 9.78 Å². The van der Waals surface area contributed by atoms with Gasteiger partial charge >= 0.3 is 0 Å². The molecule has 0 saturated heterocycles. The van der Waals surface area contributed by atoms with E-state index in [-0.39, 0.29) is 5.69 Å². The highest BCUT2D eigenvalue weighted by atomic mass is 32.1. The van der Waals surface area contributed by atoms with Gasteiger partial charge in [0.1, 0.15) is 11.1 Å². The maximum absolute atomic E-state index is 12.8. The third-order valence-corrected chi connectivity index (χ3v) is 6.35. The fraction of sp³-hybridized carbons (Fsp3) is 0.273. The van der Waals surface area contributed by atoms with Gasteiger partial charge in [-0.25, -0.2) is 4.68 Å². The molecule has 6 nitrogen and oxygen atoms in total. The van der Waals surface area contributed by atoms with Gasteiger partial charge in [0.15, 0.2) is 5.69 Å². The fourth-order valence-corrected chi connectivity index (χ4v) is 4.76. The monoisotopic (exact) mass is 404 g/mol. The number of rotatable bonds is 4. The van der Waals surface area contributed by atoms with Gasteiger partial charge in [0.25, 0.3) is 5.91 Å². The van der Waals surface area contributed by atoms with Crippen LogP contribution in [-0.4, -0.2) is 15.7 Å². The van der Waals surface area contributed by atoms with Crippen LogP contribution in [0.25, 0.3) is 5.69 Å². The summed E-state index contributed by atoms with van der Waals surface area (Å²) in [5.74, 6) is -0.593. The molecular weight excluding hydrogens is 384 g/mol. The Balaban J connectivity index is 1.65. The highest BCUT2D eigenvalue weighted by molar-refractivity contribution is 7.16. The lowest BCUT2D eigenvalue weighted by atomic mass is 9.96. The molecule has 4 rings (SSSR count). The second-order valence-electron chi connectivity index (χ2n) is 6.97. The summed E-state index contributed by atoms with van der Waals surface area (Å²) in [5.41, 5.74) is 2.86. The summed E-state index contributed by atoms with van der Waals surface area (Å²) in [4.78, 5) is 26.2. The summed E-state index contributed by atoms with van der Waals surface area (Å²) in [5, 5.41) is 17.1. The Hall–Kier alpha value is -3.24. The van der Waals surface area contributed by atoms with E-state index in [0.717, 1.165) is 48.2 Å². The van der Waals surface area contributed by atoms with Crippen molar-refractivity contribution in [3.8, 4) is 11.8 Å². The van der Waals surface area contributed by atoms with Crippen molar-refractivity contribution >= 4 is 22.2 Å². The molecule has 0 bridgehead atoms. The third-order valence-electron chi connectivity index (χ3n) is 5.14. The number of aryl methyl sites for hydroxylation is 2. The van der Waals surface area contributed by atoms with Crippen LogP contribution in [0.3, 0.4) is 0 Å². The number of carbonyl (C=O) groups is 1. The predicted octanol–water partition coefficient (Wildman–Crippen LogP) is 3.86. The number of carbonyl (C=O) groups excluding carboxylic acids is 1. The molecule has 2 heterocycles. The largest absolute Gasteiger partial charge is 0.311 e. The molecule has 1 aliphatic rings. The Morgan fingerprint density at radius 3 is 2.72 bits per heavy atom. The fourth-order valence-electron chi connectivity index (χ4n) is 3.53. The van der Waals surface area contributed by atoms with E-state index in [4.69, 9.17) is 0 Å². The van der Waals surface area contributed by atoms with E-state index in [2.05, 4.69) is 23.4 Å². The Bertz CT molecular complexity index is 1170. The number of anilines is 1. The van der Waals surface area contributed by atoms with Gasteiger partial charge in [0, 0.05) is 17.1 Å². The second kappa shape index (κ2) is 8.02. The topological polar surface area (TPSA) is 87.8 Å². The smallest absolute Gasteiger partial charge is 0.280 e. The van der Waals surface area contributed by atoms with Crippen LogP contribution in [0, 0.1) is 11.3 Å². The number of amides is 1. The molecule has 0 saturated carbocycles. The van der Waals surface area contributed by atoms with Crippen LogP contribution in [0.1, 0.15) is 51.8 Å². The summed E-state index contributed by atoms with van der Waals surface area (Å²) < 4.78 is 1.51. The van der Waals surface area contributed by atoms with Crippen molar-refractivity contribution in [2.75, 3.05) is 5.32 Å². The van der Waals surface area contributed by atoms with Gasteiger partial charge in [0.2, 0.25) is 5.43 Å². The molecule has 0 radical (unpaired) electrons. The van der Waals surface area contributed by atoms with Crippen molar-refractivity contribution < 1.29 is 4.79 Å². The predicted molar refractivity (Wildman–Crippen MR) is 113 cm³/mol. The summed E-state index contributed by atoms with van der Waals surface area (Å²) >= 11 is 1.43. The maximum Gasteiger partial charge on any atom is 0.280 e. The molecule has 0 unspecified atom stereocenters. The van der Waals surface area contributed by atoms with Crippen molar-refractivity contribution in [2.45, 2.75) is 39.0 Å². The lowest BCUT2D eigenvalue weighted by molar-refractivity contribution is 0.102. The average Bonchev–Trinajstić information content (AvgIpc) is 3.11. The van der Waals surface area contributed by atoms with Crippen molar-refractivity contribution in [3.63, 3.8) is 0 Å². The molecule has 1 aliphatic carbocycles. The molecule has 7 heteroatoms. The van der Waals surface area contributed by atoms with Crippen LogP contribution in [0.5, 0.6) is 0 Å². The van der Waals surface area contributed by atoms with Crippen LogP contribution in [0.15, 0.2) is 41.3 Å². The van der Waals surface area contributed by atoms with E-state index >= 15 is 0 Å². The van der Waals surface area contributed by atoms with Crippen LogP contribution in [0.4, 0.5) is 5.00 Å². The van der Waals surface area contributed by atoms with E-state index in [1.807, 2.05) is 24.3 Å². The zero-order chi connectivity index (χ0) is 20.4. The summed E-state index contributed by atoms with van der Waals surface area (Å²) in [6.45, 7) is 2.08. The Kier molecular flexibility index (Phi) is 5.28. The van der Waals surface area contributed by atoms with Crippen LogP contribution >= 0.6 is 11.3 Å². The number of fused-ring (bicyclic) bond motifs is 1. The summed E-state index contributed by atoms with van der Waals surface area (Å²) in [7, 11) is 0. The lowest BCUT2D eigenvalue weighted by Gasteiger charge is -2.09. The lowest BCUT2D eigenvalue weighted by Crippen LogP contribution is -2.25. The molecule has 0 fully saturated rings. The van der Waals surface area contributed by atoms with Crippen LogP contribution in [-0.2, 0) is 19.3 Å². The van der Waals surface area contributed by atoms with Crippen LogP contribution < -0.4 is 10.7 Å². The van der Waals surface area contributed by atoms with Crippen molar-refractivity contribution in [2.24, 2.45) is 0 Å². The molecule has 2 aromatic heterocycles. The molecule has 1 amide bonds. The summed E-state index contributed by atoms with van der Waals surface area (Å²) in [6, 6.07) is 11.3. The molecule has 3 aromatic rings. The van der Waals surface area contributed by atoms with Crippen LogP contribution in [0.2, 0.25) is 0 Å². The number of thiophene rings is 1. The van der Waals surface area contributed by atoms with E-state index in [1.54, 1.807) is 6.20 Å². The third kappa shape index (κ3) is 3.71. The number of hydrogen-bond acceptors (Lipinski definition) is 5. The number of hydrogen-bond donors (Lipinski definition) is 1. The first-order valence-corrected chi connectivity index (χ1v) is 10.5. The zero-order valence-electron chi connectivity index (χ0n) is 16.1. The summed E-state index contributed by atoms with van der Waals surface area (Å²) in [6.07, 6.45) is 6.40. The standard InChI is InChI=1S/C22H20N4O2S/c1-2-14-7-9-15(10-8-14)26-12-11-18(27)20(25-26)21(28)24-22-17(13-23)16-5-3-4-6-19(16)29-22/h7-12H,2-6H2,1H3,(H,24,28). The first-order valence-electron chi connectivity index (χ1n) is 9.66. The minimum Gasteiger partial charge on any atom is -0.311 e. The Labute approximate surface area is 172 Å². The molecule has 0 aliphatic heterocycles. The number of nitrogens with one attached hydrogen (secondary N) is 1. The normalized spacial score (nSPS) is 12.8. The molecule has 1 N–H and O–H groups in total. The highest BCUT2D eigenvalue weighted by Gasteiger charge is 2.23. The average molecular weight is 404 g/mol. The van der Waals surface area contributed by atoms with Crippen molar-refractivity contribution in [1.29, 1.82) is 5.26 Å². The Morgan fingerprint density at radius 2 is 2.00 bits per heavy atom.